The Kier molecular flexibility index (Phi) is 11.3. The van der Waals surface area contributed by atoms with Crippen LogP contribution in [0.25, 0.3) is 22.5 Å². The number of amides is 2. The van der Waals surface area contributed by atoms with E-state index in [1.807, 2.05) is 60.7 Å². The van der Waals surface area contributed by atoms with E-state index >= 15 is 0 Å². The third kappa shape index (κ3) is 7.66. The maximum absolute atomic E-state index is 13.2. The number of methoxy groups -OCH3 is 1. The minimum atomic E-state index is -4.09. The van der Waals surface area contributed by atoms with Crippen molar-refractivity contribution in [1.82, 2.24) is 19.6 Å². The Morgan fingerprint density at radius 2 is 1.78 bits per heavy atom. The summed E-state index contributed by atoms with van der Waals surface area (Å²) >= 11 is 1.17. The van der Waals surface area contributed by atoms with Crippen molar-refractivity contribution in [2.45, 2.75) is 37.9 Å². The fourth-order valence-corrected chi connectivity index (χ4v) is 7.22. The third-order valence-corrected chi connectivity index (χ3v) is 9.11. The van der Waals surface area contributed by atoms with Crippen LogP contribution in [0.5, 0.6) is 5.88 Å². The van der Waals surface area contributed by atoms with Gasteiger partial charge in [0.25, 0.3) is 10.0 Å². The molecule has 0 saturated carbocycles. The summed E-state index contributed by atoms with van der Waals surface area (Å²) in [4.78, 5) is 29.5. The third-order valence-electron chi connectivity index (χ3n) is 6.08. The van der Waals surface area contributed by atoms with Crippen LogP contribution in [0.2, 0.25) is 0 Å². The molecule has 210 valence electrons. The van der Waals surface area contributed by atoms with Gasteiger partial charge in [-0.15, -0.1) is 11.3 Å². The Hall–Kier alpha value is -2.96. The van der Waals surface area contributed by atoms with Gasteiger partial charge in [0, 0.05) is 29.1 Å². The van der Waals surface area contributed by atoms with Crippen molar-refractivity contribution in [2.75, 3.05) is 13.7 Å². The van der Waals surface area contributed by atoms with Crippen LogP contribution in [0.15, 0.2) is 64.9 Å². The number of hydrogen-bond donors (Lipinski definition) is 2. The largest absolute Gasteiger partial charge is 1.00 e. The number of thiophene rings is 1. The van der Waals surface area contributed by atoms with Crippen molar-refractivity contribution in [3.05, 3.63) is 76.8 Å². The minimum Gasteiger partial charge on any atom is -0.479 e. The smallest absolute Gasteiger partial charge is 0.479 e. The summed E-state index contributed by atoms with van der Waals surface area (Å²) in [6.45, 7) is 6.50. The van der Waals surface area contributed by atoms with E-state index < -0.39 is 16.1 Å². The average Bonchev–Trinajstić information content (AvgIpc) is 3.51. The number of nitrogens with zero attached hydrogens (tertiary/aromatic N) is 2. The molecule has 2 aromatic carbocycles. The van der Waals surface area contributed by atoms with Crippen LogP contribution < -0.4 is 44.3 Å². The van der Waals surface area contributed by atoms with E-state index in [4.69, 9.17) is 4.74 Å². The molecule has 0 aliphatic carbocycles. The van der Waals surface area contributed by atoms with E-state index in [-0.39, 0.29) is 39.6 Å². The molecule has 2 aromatic heterocycles. The molecule has 0 unspecified atom stereocenters. The molecule has 2 N–H and O–H groups in total. The molecule has 0 radical (unpaired) electrons. The van der Waals surface area contributed by atoms with Gasteiger partial charge in [0.1, 0.15) is 15.7 Å². The van der Waals surface area contributed by atoms with Gasteiger partial charge in [-0.3, -0.25) is 4.79 Å². The molecule has 12 heteroatoms. The molecule has 0 spiro atoms. The van der Waals surface area contributed by atoms with Gasteiger partial charge in [-0.2, -0.15) is 4.98 Å². The summed E-state index contributed by atoms with van der Waals surface area (Å²) in [6, 6.07) is 18.1. The van der Waals surface area contributed by atoms with Crippen molar-refractivity contribution in [1.29, 1.82) is 0 Å². The number of aromatic nitrogens is 2. The standard InChI is InChI=1S/C29H32N4O5S2.Na/c1-5-30-29(35)32-40(36,37)28-24(16-23(39-28)15-19(2)3)21-13-11-20(12-14-21)17-33-25(18-34)27(38-4)31-26(33)22-9-7-6-8-10-22;/h6-14,16,18-19H,5,15,17H2,1-4H3,(H2,30,32,35);/q;+1. The van der Waals surface area contributed by atoms with Gasteiger partial charge < -0.3 is 14.6 Å². The molecule has 0 aliphatic heterocycles. The van der Waals surface area contributed by atoms with E-state index in [9.17, 15) is 18.0 Å². The molecular formula is C29H32N4NaO5S2+. The average molecular weight is 604 g/mol. The zero-order chi connectivity index (χ0) is 28.9. The fraction of sp³-hybridized carbons (Fsp3) is 0.276. The summed E-state index contributed by atoms with van der Waals surface area (Å²) in [5.41, 5.74) is 3.29. The number of carbonyl (C=O) groups excluding carboxylic acids is 2. The van der Waals surface area contributed by atoms with Crippen molar-refractivity contribution in [2.24, 2.45) is 5.92 Å². The molecule has 9 nitrogen and oxygen atoms in total. The fourth-order valence-electron chi connectivity index (χ4n) is 4.34. The van der Waals surface area contributed by atoms with E-state index in [0.717, 1.165) is 22.3 Å². The maximum atomic E-state index is 13.2. The number of hydrogen-bond acceptors (Lipinski definition) is 7. The van der Waals surface area contributed by atoms with Gasteiger partial charge in [-0.25, -0.2) is 17.9 Å². The van der Waals surface area contributed by atoms with Gasteiger partial charge >= 0.3 is 35.6 Å². The van der Waals surface area contributed by atoms with Crippen molar-refractivity contribution >= 4 is 33.7 Å². The Morgan fingerprint density at radius 3 is 2.37 bits per heavy atom. The number of benzene rings is 2. The van der Waals surface area contributed by atoms with Gasteiger partial charge in [0.2, 0.25) is 5.88 Å². The van der Waals surface area contributed by atoms with Crippen LogP contribution in [0.4, 0.5) is 4.79 Å². The molecular weight excluding hydrogens is 571 g/mol. The minimum absolute atomic E-state index is 0. The SMILES string of the molecule is CCNC(=O)NS(=O)(=O)c1sc(CC(C)C)cc1-c1ccc(Cn2c(-c3ccccc3)nc(OC)c2C=O)cc1.[Na+]. The predicted molar refractivity (Wildman–Crippen MR) is 156 cm³/mol. The van der Waals surface area contributed by atoms with Crippen molar-refractivity contribution < 1.29 is 52.3 Å². The first-order chi connectivity index (χ1) is 19.2. The maximum Gasteiger partial charge on any atom is 1.00 e. The van der Waals surface area contributed by atoms with Crippen molar-refractivity contribution in [3.63, 3.8) is 0 Å². The quantitative estimate of drug-likeness (QED) is 0.201. The van der Waals surface area contributed by atoms with Crippen LogP contribution in [-0.2, 0) is 23.0 Å². The number of rotatable bonds is 11. The molecule has 4 aromatic rings. The molecule has 2 heterocycles. The summed E-state index contributed by atoms with van der Waals surface area (Å²) in [5, 5.41) is 2.47. The van der Waals surface area contributed by atoms with Gasteiger partial charge in [-0.1, -0.05) is 68.4 Å². The first kappa shape index (κ1) is 32.6. The molecule has 0 aliphatic rings. The molecule has 0 fully saturated rings. The second-order valence-corrected chi connectivity index (χ2v) is 12.6. The first-order valence-electron chi connectivity index (χ1n) is 12.8. The summed E-state index contributed by atoms with van der Waals surface area (Å²) < 4.78 is 35.7. The first-order valence-corrected chi connectivity index (χ1v) is 15.1. The second-order valence-electron chi connectivity index (χ2n) is 9.57. The zero-order valence-electron chi connectivity index (χ0n) is 23.8. The number of imidazole rings is 1. The number of ether oxygens (including phenoxy) is 1. The number of carbonyl (C=O) groups is 2. The van der Waals surface area contributed by atoms with Crippen LogP contribution in [0.1, 0.15) is 41.7 Å². The summed E-state index contributed by atoms with van der Waals surface area (Å²) in [6.07, 6.45) is 1.44. The summed E-state index contributed by atoms with van der Waals surface area (Å²) in [5.74, 6) is 1.18. The van der Waals surface area contributed by atoms with Gasteiger partial charge in [0.15, 0.2) is 6.29 Å². The van der Waals surface area contributed by atoms with E-state index in [1.165, 1.54) is 18.4 Å². The molecule has 0 bridgehead atoms. The van der Waals surface area contributed by atoms with E-state index in [2.05, 4.69) is 28.9 Å². The summed E-state index contributed by atoms with van der Waals surface area (Å²) in [7, 11) is -2.61. The molecule has 0 saturated heterocycles. The van der Waals surface area contributed by atoms with Crippen LogP contribution in [0, 0.1) is 5.92 Å². The van der Waals surface area contributed by atoms with Gasteiger partial charge in [-0.05, 0) is 36.5 Å². The van der Waals surface area contributed by atoms with Crippen LogP contribution >= 0.6 is 11.3 Å². The van der Waals surface area contributed by atoms with Gasteiger partial charge in [0.05, 0.1) is 7.11 Å². The van der Waals surface area contributed by atoms with E-state index in [1.54, 1.807) is 11.5 Å². The van der Waals surface area contributed by atoms with Crippen LogP contribution in [-0.4, -0.2) is 43.9 Å². The predicted octanol–water partition coefficient (Wildman–Crippen LogP) is 2.36. The monoisotopic (exact) mass is 603 g/mol. The molecule has 4 rings (SSSR count). The normalized spacial score (nSPS) is 11.1. The number of nitrogens with one attached hydrogen (secondary N) is 2. The Balaban J connectivity index is 0.00000462. The Bertz CT molecular complexity index is 1600. The number of urea groups is 1. The number of aldehydes is 1. The van der Waals surface area contributed by atoms with Crippen LogP contribution in [0.3, 0.4) is 0 Å². The molecule has 41 heavy (non-hydrogen) atoms. The van der Waals surface area contributed by atoms with E-state index in [0.29, 0.717) is 48.1 Å². The zero-order valence-corrected chi connectivity index (χ0v) is 27.4. The topological polar surface area (TPSA) is 119 Å². The Morgan fingerprint density at radius 1 is 1.10 bits per heavy atom. The molecule has 2 amide bonds. The number of sulfonamides is 1. The molecule has 0 atom stereocenters. The Labute approximate surface area is 266 Å². The second kappa shape index (κ2) is 14.3. The van der Waals surface area contributed by atoms with Crippen molar-refractivity contribution in [3.8, 4) is 28.4 Å².